The SMILES string of the molecule is CC(O)CC(C)Cc1nc(C(C)(C)C)cs1. The van der Waals surface area contributed by atoms with E-state index >= 15 is 0 Å². The van der Waals surface area contributed by atoms with Crippen molar-refractivity contribution in [1.29, 1.82) is 0 Å². The molecule has 0 bridgehead atoms. The predicted octanol–water partition coefficient (Wildman–Crippen LogP) is 3.39. The minimum absolute atomic E-state index is 0.141. The van der Waals surface area contributed by atoms with Crippen LogP contribution in [0.1, 0.15) is 51.7 Å². The van der Waals surface area contributed by atoms with Crippen molar-refractivity contribution in [2.75, 3.05) is 0 Å². The maximum atomic E-state index is 9.32. The highest BCUT2D eigenvalue weighted by molar-refractivity contribution is 7.09. The summed E-state index contributed by atoms with van der Waals surface area (Å²) >= 11 is 1.74. The third-order valence-corrected chi connectivity index (χ3v) is 3.46. The van der Waals surface area contributed by atoms with Crippen LogP contribution in [0, 0.1) is 5.92 Å². The number of nitrogens with zero attached hydrogens (tertiary/aromatic N) is 1. The number of rotatable bonds is 4. The lowest BCUT2D eigenvalue weighted by Crippen LogP contribution is -2.12. The zero-order valence-electron chi connectivity index (χ0n) is 10.9. The number of aromatic nitrogens is 1. The Labute approximate surface area is 103 Å². The van der Waals surface area contributed by atoms with Gasteiger partial charge in [0.1, 0.15) is 0 Å². The quantitative estimate of drug-likeness (QED) is 0.876. The average Bonchev–Trinajstić information content (AvgIpc) is 2.49. The number of hydrogen-bond donors (Lipinski definition) is 1. The Morgan fingerprint density at radius 2 is 2.00 bits per heavy atom. The van der Waals surface area contributed by atoms with E-state index in [-0.39, 0.29) is 11.5 Å². The third-order valence-electron chi connectivity index (χ3n) is 2.59. The summed E-state index contributed by atoms with van der Waals surface area (Å²) in [6.45, 7) is 10.6. The van der Waals surface area contributed by atoms with E-state index in [1.165, 1.54) is 10.7 Å². The Hall–Kier alpha value is -0.410. The van der Waals surface area contributed by atoms with Crippen molar-refractivity contribution >= 4 is 11.3 Å². The van der Waals surface area contributed by atoms with Gasteiger partial charge < -0.3 is 5.11 Å². The van der Waals surface area contributed by atoms with Gasteiger partial charge in [-0.3, -0.25) is 0 Å². The van der Waals surface area contributed by atoms with Gasteiger partial charge in [-0.15, -0.1) is 11.3 Å². The Morgan fingerprint density at radius 3 is 2.44 bits per heavy atom. The van der Waals surface area contributed by atoms with Gasteiger partial charge in [0.05, 0.1) is 16.8 Å². The molecule has 0 fully saturated rings. The van der Waals surface area contributed by atoms with E-state index in [0.717, 1.165) is 12.8 Å². The van der Waals surface area contributed by atoms with Gasteiger partial charge in [-0.05, 0) is 19.3 Å². The number of aliphatic hydroxyl groups is 1. The molecule has 0 saturated carbocycles. The molecule has 0 aliphatic rings. The summed E-state index contributed by atoms with van der Waals surface area (Å²) in [5.74, 6) is 0.499. The second-order valence-corrected chi connectivity index (χ2v) is 6.71. The fourth-order valence-electron chi connectivity index (χ4n) is 1.71. The second kappa shape index (κ2) is 5.28. The Morgan fingerprint density at radius 1 is 1.38 bits per heavy atom. The third kappa shape index (κ3) is 4.22. The van der Waals surface area contributed by atoms with Crippen molar-refractivity contribution in [1.82, 2.24) is 4.98 Å². The van der Waals surface area contributed by atoms with Gasteiger partial charge in [-0.1, -0.05) is 27.7 Å². The molecule has 2 nitrogen and oxygen atoms in total. The summed E-state index contributed by atoms with van der Waals surface area (Å²) in [4.78, 5) is 4.67. The summed E-state index contributed by atoms with van der Waals surface area (Å²) in [7, 11) is 0. The molecule has 0 aliphatic carbocycles. The molecule has 1 rings (SSSR count). The van der Waals surface area contributed by atoms with Crippen LogP contribution in [-0.2, 0) is 11.8 Å². The van der Waals surface area contributed by atoms with E-state index in [2.05, 4.69) is 38.1 Å². The molecule has 0 amide bonds. The molecule has 2 unspecified atom stereocenters. The monoisotopic (exact) mass is 241 g/mol. The minimum Gasteiger partial charge on any atom is -0.393 e. The number of hydrogen-bond acceptors (Lipinski definition) is 3. The predicted molar refractivity (Wildman–Crippen MR) is 70.0 cm³/mol. The van der Waals surface area contributed by atoms with E-state index in [0.29, 0.717) is 5.92 Å². The Bertz CT molecular complexity index is 325. The van der Waals surface area contributed by atoms with Crippen LogP contribution < -0.4 is 0 Å². The molecule has 1 heterocycles. The molecular weight excluding hydrogens is 218 g/mol. The molecule has 0 aliphatic heterocycles. The summed E-state index contributed by atoms with van der Waals surface area (Å²) < 4.78 is 0. The largest absolute Gasteiger partial charge is 0.393 e. The second-order valence-electron chi connectivity index (χ2n) is 5.77. The zero-order chi connectivity index (χ0) is 12.3. The van der Waals surface area contributed by atoms with E-state index in [9.17, 15) is 5.11 Å². The summed E-state index contributed by atoms with van der Waals surface area (Å²) in [6.07, 6.45) is 1.62. The van der Waals surface area contributed by atoms with Crippen LogP contribution in [0.5, 0.6) is 0 Å². The highest BCUT2D eigenvalue weighted by Crippen LogP contribution is 2.25. The molecule has 2 atom stereocenters. The first-order valence-electron chi connectivity index (χ1n) is 5.92. The molecule has 0 spiro atoms. The first-order chi connectivity index (χ1) is 7.29. The van der Waals surface area contributed by atoms with E-state index in [1.807, 2.05) is 6.92 Å². The molecule has 1 N–H and O–H groups in total. The molecule has 16 heavy (non-hydrogen) atoms. The smallest absolute Gasteiger partial charge is 0.0931 e. The van der Waals surface area contributed by atoms with Crippen LogP contribution in [-0.4, -0.2) is 16.2 Å². The van der Waals surface area contributed by atoms with E-state index < -0.39 is 0 Å². The molecule has 0 aromatic carbocycles. The lowest BCUT2D eigenvalue weighted by molar-refractivity contribution is 0.164. The van der Waals surface area contributed by atoms with Crippen molar-refractivity contribution in [3.05, 3.63) is 16.1 Å². The number of thiazole rings is 1. The maximum absolute atomic E-state index is 9.32. The van der Waals surface area contributed by atoms with Gasteiger partial charge in [-0.25, -0.2) is 4.98 Å². The van der Waals surface area contributed by atoms with Gasteiger partial charge in [0.25, 0.3) is 0 Å². The number of aliphatic hydroxyl groups excluding tert-OH is 1. The minimum atomic E-state index is -0.211. The molecule has 0 saturated heterocycles. The fraction of sp³-hybridized carbons (Fsp3) is 0.769. The van der Waals surface area contributed by atoms with Crippen molar-refractivity contribution in [3.8, 4) is 0 Å². The molecule has 1 aromatic heterocycles. The van der Waals surface area contributed by atoms with Crippen LogP contribution in [0.2, 0.25) is 0 Å². The lowest BCUT2D eigenvalue weighted by Gasteiger charge is -2.14. The molecule has 3 heteroatoms. The van der Waals surface area contributed by atoms with Gasteiger partial charge in [0.15, 0.2) is 0 Å². The topological polar surface area (TPSA) is 33.1 Å². The molecule has 0 radical (unpaired) electrons. The molecular formula is C13H23NOS. The van der Waals surface area contributed by atoms with Crippen LogP contribution in [0.4, 0.5) is 0 Å². The highest BCUT2D eigenvalue weighted by Gasteiger charge is 2.18. The van der Waals surface area contributed by atoms with E-state index in [1.54, 1.807) is 11.3 Å². The molecule has 92 valence electrons. The Kier molecular flexibility index (Phi) is 4.51. The van der Waals surface area contributed by atoms with Crippen molar-refractivity contribution in [3.63, 3.8) is 0 Å². The summed E-state index contributed by atoms with van der Waals surface area (Å²) in [5, 5.41) is 12.7. The van der Waals surface area contributed by atoms with Crippen molar-refractivity contribution in [2.24, 2.45) is 5.92 Å². The van der Waals surface area contributed by atoms with Crippen LogP contribution in [0.15, 0.2) is 5.38 Å². The normalized spacial score (nSPS) is 16.1. The highest BCUT2D eigenvalue weighted by atomic mass is 32.1. The maximum Gasteiger partial charge on any atom is 0.0931 e. The van der Waals surface area contributed by atoms with Gasteiger partial charge >= 0.3 is 0 Å². The van der Waals surface area contributed by atoms with Gasteiger partial charge in [0, 0.05) is 17.2 Å². The zero-order valence-corrected chi connectivity index (χ0v) is 11.8. The fourth-order valence-corrected chi connectivity index (χ4v) is 2.90. The van der Waals surface area contributed by atoms with Crippen LogP contribution in [0.25, 0.3) is 0 Å². The average molecular weight is 241 g/mol. The first kappa shape index (κ1) is 13.7. The Balaban J connectivity index is 2.59. The van der Waals surface area contributed by atoms with Gasteiger partial charge in [-0.2, -0.15) is 0 Å². The van der Waals surface area contributed by atoms with E-state index in [4.69, 9.17) is 0 Å². The first-order valence-corrected chi connectivity index (χ1v) is 6.80. The van der Waals surface area contributed by atoms with Crippen molar-refractivity contribution in [2.45, 2.75) is 59.0 Å². The van der Waals surface area contributed by atoms with Crippen LogP contribution >= 0.6 is 11.3 Å². The summed E-state index contributed by atoms with van der Waals surface area (Å²) in [5.41, 5.74) is 1.32. The van der Waals surface area contributed by atoms with Crippen LogP contribution in [0.3, 0.4) is 0 Å². The van der Waals surface area contributed by atoms with Crippen molar-refractivity contribution < 1.29 is 5.11 Å². The standard InChI is InChI=1S/C13H23NOS/c1-9(6-10(2)15)7-12-14-11(8-16-12)13(3,4)5/h8-10,15H,6-7H2,1-5H3. The molecule has 1 aromatic rings. The summed E-state index contributed by atoms with van der Waals surface area (Å²) in [6, 6.07) is 0. The van der Waals surface area contributed by atoms with Gasteiger partial charge in [0.2, 0.25) is 0 Å². The lowest BCUT2D eigenvalue weighted by atomic mass is 9.93.